The van der Waals surface area contributed by atoms with Crippen LogP contribution in [-0.4, -0.2) is 32.9 Å². The van der Waals surface area contributed by atoms with Crippen molar-refractivity contribution in [2.45, 2.75) is 26.6 Å². The second-order valence-corrected chi connectivity index (χ2v) is 5.14. The number of allylic oxidation sites excluding steroid dienone is 1. The van der Waals surface area contributed by atoms with Gasteiger partial charge in [0.2, 0.25) is 0 Å². The highest BCUT2D eigenvalue weighted by Gasteiger charge is 2.33. The average Bonchev–Trinajstić information content (AvgIpc) is 2.94. The first-order chi connectivity index (χ1) is 10.5. The molecule has 0 atom stereocenters. The van der Waals surface area contributed by atoms with E-state index in [1.165, 1.54) is 6.08 Å². The molecule has 5 nitrogen and oxygen atoms in total. The van der Waals surface area contributed by atoms with E-state index in [0.29, 0.717) is 25.6 Å². The summed E-state index contributed by atoms with van der Waals surface area (Å²) in [5.74, 6) is -0.443. The number of hydrogen-bond acceptors (Lipinski definition) is 5. The third kappa shape index (κ3) is 3.48. The first-order valence-corrected chi connectivity index (χ1v) is 7.32. The van der Waals surface area contributed by atoms with E-state index < -0.39 is 5.79 Å². The maximum atomic E-state index is 11.6. The lowest BCUT2D eigenvalue weighted by Gasteiger charge is -2.24. The third-order valence-electron chi connectivity index (χ3n) is 3.61. The van der Waals surface area contributed by atoms with E-state index in [-0.39, 0.29) is 5.97 Å². The Morgan fingerprint density at radius 3 is 2.64 bits per heavy atom. The van der Waals surface area contributed by atoms with Gasteiger partial charge in [0.05, 0.1) is 26.9 Å². The van der Waals surface area contributed by atoms with E-state index in [9.17, 15) is 4.79 Å². The van der Waals surface area contributed by atoms with Crippen LogP contribution in [-0.2, 0) is 24.8 Å². The highest BCUT2D eigenvalue weighted by atomic mass is 16.7. The summed E-state index contributed by atoms with van der Waals surface area (Å²) >= 11 is 0. The standard InChI is InChI=1S/C17H22O5/c1-5-20-16(18)10-12(2)14-11-13(6-7-15(14)19-4)17(3)21-8-9-22-17/h6-7,10-11H,5,8-9H2,1-4H3. The molecule has 1 fully saturated rings. The fourth-order valence-electron chi connectivity index (χ4n) is 2.42. The molecule has 1 aromatic rings. The molecule has 5 heteroatoms. The van der Waals surface area contributed by atoms with E-state index in [1.807, 2.05) is 32.0 Å². The van der Waals surface area contributed by atoms with Crippen LogP contribution in [0.4, 0.5) is 0 Å². The number of ether oxygens (including phenoxy) is 4. The van der Waals surface area contributed by atoms with Crippen LogP contribution >= 0.6 is 0 Å². The van der Waals surface area contributed by atoms with Crippen molar-refractivity contribution in [3.8, 4) is 5.75 Å². The summed E-state index contributed by atoms with van der Waals surface area (Å²) in [7, 11) is 1.60. The van der Waals surface area contributed by atoms with E-state index in [2.05, 4.69) is 0 Å². The summed E-state index contributed by atoms with van der Waals surface area (Å²) in [4.78, 5) is 11.6. The van der Waals surface area contributed by atoms with E-state index in [0.717, 1.165) is 16.7 Å². The average molecular weight is 306 g/mol. The Bertz CT molecular complexity index is 570. The van der Waals surface area contributed by atoms with Crippen LogP contribution in [0.3, 0.4) is 0 Å². The molecule has 1 aliphatic heterocycles. The Morgan fingerprint density at radius 2 is 2.05 bits per heavy atom. The van der Waals surface area contributed by atoms with Crippen LogP contribution in [0.15, 0.2) is 24.3 Å². The number of hydrogen-bond donors (Lipinski definition) is 0. The van der Waals surface area contributed by atoms with Crippen LogP contribution in [0, 0.1) is 0 Å². The second kappa shape index (κ2) is 6.94. The summed E-state index contributed by atoms with van der Waals surface area (Å²) in [5, 5.41) is 0. The van der Waals surface area contributed by atoms with Gasteiger partial charge in [-0.05, 0) is 44.5 Å². The minimum atomic E-state index is -0.759. The van der Waals surface area contributed by atoms with Crippen LogP contribution in [0.5, 0.6) is 5.75 Å². The molecule has 1 aromatic carbocycles. The van der Waals surface area contributed by atoms with E-state index in [1.54, 1.807) is 14.0 Å². The summed E-state index contributed by atoms with van der Waals surface area (Å²) in [6, 6.07) is 5.68. The van der Waals surface area contributed by atoms with Crippen LogP contribution in [0.1, 0.15) is 31.9 Å². The van der Waals surface area contributed by atoms with Crippen LogP contribution in [0.25, 0.3) is 5.57 Å². The van der Waals surface area contributed by atoms with Crippen LogP contribution in [0.2, 0.25) is 0 Å². The molecule has 1 saturated heterocycles. The minimum Gasteiger partial charge on any atom is -0.496 e. The van der Waals surface area contributed by atoms with Gasteiger partial charge in [-0.3, -0.25) is 0 Å². The number of benzene rings is 1. The Morgan fingerprint density at radius 1 is 1.36 bits per heavy atom. The predicted molar refractivity (Wildman–Crippen MR) is 82.5 cm³/mol. The molecule has 120 valence electrons. The zero-order valence-corrected chi connectivity index (χ0v) is 13.5. The molecule has 0 amide bonds. The molecular formula is C17H22O5. The van der Waals surface area contributed by atoms with Crippen molar-refractivity contribution in [3.05, 3.63) is 35.4 Å². The van der Waals surface area contributed by atoms with Crippen molar-refractivity contribution in [1.82, 2.24) is 0 Å². The Hall–Kier alpha value is -1.85. The molecule has 1 aliphatic rings. The molecule has 0 aromatic heterocycles. The Kier molecular flexibility index (Phi) is 5.21. The third-order valence-corrected chi connectivity index (χ3v) is 3.61. The largest absolute Gasteiger partial charge is 0.496 e. The minimum absolute atomic E-state index is 0.347. The first-order valence-electron chi connectivity index (χ1n) is 7.32. The van der Waals surface area contributed by atoms with Gasteiger partial charge in [-0.25, -0.2) is 4.79 Å². The topological polar surface area (TPSA) is 54.0 Å². The molecule has 22 heavy (non-hydrogen) atoms. The highest BCUT2D eigenvalue weighted by Crippen LogP contribution is 2.35. The summed E-state index contributed by atoms with van der Waals surface area (Å²) in [6.45, 7) is 6.98. The number of methoxy groups -OCH3 is 1. The molecule has 0 radical (unpaired) electrons. The van der Waals surface area contributed by atoms with Crippen molar-refractivity contribution in [2.75, 3.05) is 26.9 Å². The van der Waals surface area contributed by atoms with Crippen molar-refractivity contribution in [3.63, 3.8) is 0 Å². The van der Waals surface area contributed by atoms with Crippen molar-refractivity contribution >= 4 is 11.5 Å². The Balaban J connectivity index is 2.38. The van der Waals surface area contributed by atoms with Crippen LogP contribution < -0.4 is 4.74 Å². The molecule has 2 rings (SSSR count). The molecule has 0 bridgehead atoms. The zero-order chi connectivity index (χ0) is 16.2. The number of carbonyl (C=O) groups is 1. The van der Waals surface area contributed by atoms with Gasteiger partial charge in [-0.1, -0.05) is 0 Å². The number of rotatable bonds is 5. The fourth-order valence-corrected chi connectivity index (χ4v) is 2.42. The summed E-state index contributed by atoms with van der Waals surface area (Å²) < 4.78 is 21.7. The van der Waals surface area contributed by atoms with Crippen molar-refractivity contribution in [1.29, 1.82) is 0 Å². The van der Waals surface area contributed by atoms with Crippen molar-refractivity contribution < 1.29 is 23.7 Å². The lowest BCUT2D eigenvalue weighted by molar-refractivity contribution is -0.149. The maximum absolute atomic E-state index is 11.6. The van der Waals surface area contributed by atoms with Gasteiger partial charge in [0.15, 0.2) is 5.79 Å². The van der Waals surface area contributed by atoms with Gasteiger partial charge in [0.1, 0.15) is 5.75 Å². The smallest absolute Gasteiger partial charge is 0.331 e. The zero-order valence-electron chi connectivity index (χ0n) is 13.5. The predicted octanol–water partition coefficient (Wildman–Crippen LogP) is 2.88. The quantitative estimate of drug-likeness (QED) is 0.618. The first kappa shape index (κ1) is 16.5. The summed E-state index contributed by atoms with van der Waals surface area (Å²) in [6.07, 6.45) is 1.46. The SMILES string of the molecule is CCOC(=O)C=C(C)c1cc(C2(C)OCCO2)ccc1OC. The molecule has 1 heterocycles. The van der Waals surface area contributed by atoms with E-state index in [4.69, 9.17) is 18.9 Å². The van der Waals surface area contributed by atoms with Gasteiger partial charge in [0.25, 0.3) is 0 Å². The van der Waals surface area contributed by atoms with Gasteiger partial charge < -0.3 is 18.9 Å². The lowest BCUT2D eigenvalue weighted by atomic mass is 9.99. The van der Waals surface area contributed by atoms with Crippen molar-refractivity contribution in [2.24, 2.45) is 0 Å². The molecule has 0 spiro atoms. The maximum Gasteiger partial charge on any atom is 0.331 e. The highest BCUT2D eigenvalue weighted by molar-refractivity contribution is 5.91. The Labute approximate surface area is 130 Å². The number of carbonyl (C=O) groups excluding carboxylic acids is 1. The number of esters is 1. The molecule has 0 N–H and O–H groups in total. The second-order valence-electron chi connectivity index (χ2n) is 5.14. The monoisotopic (exact) mass is 306 g/mol. The molecular weight excluding hydrogens is 284 g/mol. The van der Waals surface area contributed by atoms with Gasteiger partial charge in [-0.15, -0.1) is 0 Å². The molecule has 0 unspecified atom stereocenters. The normalized spacial score (nSPS) is 17.4. The van der Waals surface area contributed by atoms with Gasteiger partial charge in [0, 0.05) is 17.2 Å². The van der Waals surface area contributed by atoms with E-state index >= 15 is 0 Å². The summed E-state index contributed by atoms with van der Waals surface area (Å²) in [5.41, 5.74) is 2.46. The lowest BCUT2D eigenvalue weighted by Crippen LogP contribution is -2.22. The van der Waals surface area contributed by atoms with Gasteiger partial charge >= 0.3 is 5.97 Å². The molecule has 0 saturated carbocycles. The molecule has 0 aliphatic carbocycles. The fraction of sp³-hybridized carbons (Fsp3) is 0.471. The van der Waals surface area contributed by atoms with Gasteiger partial charge in [-0.2, -0.15) is 0 Å².